The van der Waals surface area contributed by atoms with Crippen LogP contribution in [-0.4, -0.2) is 13.9 Å². The van der Waals surface area contributed by atoms with E-state index in [2.05, 4.69) is 50.2 Å². The second-order valence-electron chi connectivity index (χ2n) is 7.84. The molecule has 2 nitrogen and oxygen atoms in total. The zero-order valence-corrected chi connectivity index (χ0v) is 19.2. The van der Waals surface area contributed by atoms with E-state index in [1.54, 1.807) is 13.2 Å². The van der Waals surface area contributed by atoms with Gasteiger partial charge in [-0.2, -0.15) is 0 Å². The molecule has 0 bridgehead atoms. The summed E-state index contributed by atoms with van der Waals surface area (Å²) in [4.78, 5) is 0. The van der Waals surface area contributed by atoms with Crippen molar-refractivity contribution in [2.24, 2.45) is 0 Å². The van der Waals surface area contributed by atoms with Gasteiger partial charge < -0.3 is 9.47 Å². The van der Waals surface area contributed by atoms with Gasteiger partial charge in [-0.25, -0.2) is 4.39 Å². The molecule has 0 spiro atoms. The van der Waals surface area contributed by atoms with Crippen LogP contribution in [0.2, 0.25) is 0 Å². The molecule has 30 heavy (non-hydrogen) atoms. The van der Waals surface area contributed by atoms with Gasteiger partial charge in [0.1, 0.15) is 11.6 Å². The van der Waals surface area contributed by atoms with E-state index in [1.165, 1.54) is 11.1 Å². The lowest BCUT2D eigenvalue weighted by molar-refractivity contribution is 0.0500. The molecule has 0 aliphatic rings. The van der Waals surface area contributed by atoms with Crippen molar-refractivity contribution >= 4 is 13.9 Å². The summed E-state index contributed by atoms with van der Waals surface area (Å²) >= 11 is 0. The topological polar surface area (TPSA) is 18.5 Å². The Kier molecular flexibility index (Phi) is 7.64. The largest absolute Gasteiger partial charge is 0.467 e. The van der Waals surface area contributed by atoms with Crippen LogP contribution in [-0.2, 0) is 16.3 Å². The van der Waals surface area contributed by atoms with Crippen LogP contribution in [0.1, 0.15) is 42.5 Å². The Morgan fingerprint density at radius 2 is 1.73 bits per heavy atom. The fourth-order valence-corrected chi connectivity index (χ4v) is 5.02. The molecule has 0 saturated heterocycles. The van der Waals surface area contributed by atoms with Crippen LogP contribution in [0, 0.1) is 12.7 Å². The van der Waals surface area contributed by atoms with Crippen LogP contribution < -0.4 is 10.0 Å². The van der Waals surface area contributed by atoms with Gasteiger partial charge in [-0.15, -0.1) is 0 Å². The Morgan fingerprint density at radius 1 is 0.967 bits per heavy atom. The van der Waals surface area contributed by atoms with Gasteiger partial charge in [0.15, 0.2) is 6.79 Å². The first kappa shape index (κ1) is 22.5. The van der Waals surface area contributed by atoms with E-state index in [1.807, 2.05) is 31.2 Å². The Hall–Kier alpha value is -2.22. The van der Waals surface area contributed by atoms with Crippen LogP contribution in [0.3, 0.4) is 0 Å². The maximum absolute atomic E-state index is 14.7. The van der Waals surface area contributed by atoms with Gasteiger partial charge in [0.05, 0.1) is 0 Å². The van der Waals surface area contributed by atoms with Crippen LogP contribution >= 0.6 is 8.58 Å². The SMILES string of the molecule is CCC(C)(Pc1ccc(C)cc1F)c1cc(Cc2ccccc2)ccc1OCOC. The first-order valence-corrected chi connectivity index (χ1v) is 11.3. The summed E-state index contributed by atoms with van der Waals surface area (Å²) in [6, 6.07) is 22.3. The lowest BCUT2D eigenvalue weighted by atomic mass is 9.93. The fourth-order valence-electron chi connectivity index (χ4n) is 3.56. The number of hydrogen-bond acceptors (Lipinski definition) is 2. The molecule has 0 amide bonds. The molecule has 0 heterocycles. The molecular formula is C26H30FO2P. The second kappa shape index (κ2) is 10.2. The van der Waals surface area contributed by atoms with Crippen molar-refractivity contribution in [2.75, 3.05) is 13.9 Å². The van der Waals surface area contributed by atoms with Crippen LogP contribution in [0.4, 0.5) is 4.39 Å². The zero-order chi connectivity index (χ0) is 21.6. The van der Waals surface area contributed by atoms with Crippen LogP contribution in [0.15, 0.2) is 66.7 Å². The van der Waals surface area contributed by atoms with Gasteiger partial charge in [-0.1, -0.05) is 77.0 Å². The van der Waals surface area contributed by atoms with E-state index in [0.717, 1.165) is 35.0 Å². The molecule has 0 fully saturated rings. The average Bonchev–Trinajstić information content (AvgIpc) is 2.75. The van der Waals surface area contributed by atoms with E-state index >= 15 is 0 Å². The first-order chi connectivity index (χ1) is 14.4. The van der Waals surface area contributed by atoms with E-state index in [9.17, 15) is 4.39 Å². The smallest absolute Gasteiger partial charge is 0.188 e. The van der Waals surface area contributed by atoms with Crippen LogP contribution in [0.5, 0.6) is 5.75 Å². The monoisotopic (exact) mass is 424 g/mol. The first-order valence-electron chi connectivity index (χ1n) is 10.3. The highest BCUT2D eigenvalue weighted by atomic mass is 31.1. The molecule has 3 rings (SSSR count). The summed E-state index contributed by atoms with van der Waals surface area (Å²) < 4.78 is 25.7. The molecule has 158 valence electrons. The number of halogens is 1. The molecule has 4 heteroatoms. The molecule has 2 unspecified atom stereocenters. The van der Waals surface area contributed by atoms with E-state index in [4.69, 9.17) is 9.47 Å². The van der Waals surface area contributed by atoms with Crippen molar-refractivity contribution < 1.29 is 13.9 Å². The van der Waals surface area contributed by atoms with Crippen molar-refractivity contribution in [3.63, 3.8) is 0 Å². The standard InChI is InChI=1S/C26H30FO2P/c1-5-26(3,30-25-14-11-19(2)15-23(25)27)22-17-21(12-13-24(22)29-18-28-4)16-20-9-7-6-8-10-20/h6-15,17,30H,5,16,18H2,1-4H3. The van der Waals surface area contributed by atoms with Crippen molar-refractivity contribution in [1.82, 2.24) is 0 Å². The van der Waals surface area contributed by atoms with Crippen LogP contribution in [0.25, 0.3) is 0 Å². The number of rotatable bonds is 9. The minimum absolute atomic E-state index is 0.132. The van der Waals surface area contributed by atoms with Crippen molar-refractivity contribution in [3.05, 3.63) is 94.8 Å². The molecule has 0 aliphatic heterocycles. The predicted molar refractivity (Wildman–Crippen MR) is 125 cm³/mol. The lowest BCUT2D eigenvalue weighted by Crippen LogP contribution is -2.21. The van der Waals surface area contributed by atoms with E-state index in [0.29, 0.717) is 8.58 Å². The summed E-state index contributed by atoms with van der Waals surface area (Å²) in [5.74, 6) is 0.672. The Balaban J connectivity index is 2.00. The molecule has 0 radical (unpaired) electrons. The zero-order valence-electron chi connectivity index (χ0n) is 18.2. The normalized spacial score (nSPS) is 13.5. The van der Waals surface area contributed by atoms with E-state index < -0.39 is 0 Å². The van der Waals surface area contributed by atoms with Crippen molar-refractivity contribution in [1.29, 1.82) is 0 Å². The maximum atomic E-state index is 14.7. The summed E-state index contributed by atoms with van der Waals surface area (Å²) in [6.07, 6.45) is 1.72. The second-order valence-corrected chi connectivity index (χ2v) is 9.73. The quantitative estimate of drug-likeness (QED) is 0.295. The molecule has 0 aromatic heterocycles. The maximum Gasteiger partial charge on any atom is 0.188 e. The highest BCUT2D eigenvalue weighted by Gasteiger charge is 2.30. The average molecular weight is 424 g/mol. The molecule has 3 aromatic rings. The fraction of sp³-hybridized carbons (Fsp3) is 0.308. The van der Waals surface area contributed by atoms with Gasteiger partial charge in [-0.3, -0.25) is 0 Å². The number of ether oxygens (including phenoxy) is 2. The molecule has 3 aromatic carbocycles. The number of methoxy groups -OCH3 is 1. The molecule has 0 N–H and O–H groups in total. The van der Waals surface area contributed by atoms with Gasteiger partial charge in [0.2, 0.25) is 0 Å². The molecular weight excluding hydrogens is 394 g/mol. The minimum atomic E-state index is -0.244. The summed E-state index contributed by atoms with van der Waals surface area (Å²) in [7, 11) is 1.91. The third-order valence-corrected chi connectivity index (χ3v) is 7.31. The molecule has 2 atom stereocenters. The van der Waals surface area contributed by atoms with Gasteiger partial charge in [0, 0.05) is 23.1 Å². The highest BCUT2D eigenvalue weighted by molar-refractivity contribution is 7.48. The minimum Gasteiger partial charge on any atom is -0.467 e. The van der Waals surface area contributed by atoms with Gasteiger partial charge >= 0.3 is 0 Å². The summed E-state index contributed by atoms with van der Waals surface area (Å²) in [5.41, 5.74) is 4.52. The van der Waals surface area contributed by atoms with E-state index in [-0.39, 0.29) is 17.8 Å². The molecule has 0 saturated carbocycles. The number of aryl methyl sites for hydroxylation is 1. The third-order valence-electron chi connectivity index (χ3n) is 5.46. The summed E-state index contributed by atoms with van der Waals surface area (Å²) in [6.45, 7) is 6.46. The van der Waals surface area contributed by atoms with Crippen molar-refractivity contribution in [3.8, 4) is 5.75 Å². The highest BCUT2D eigenvalue weighted by Crippen LogP contribution is 2.48. The van der Waals surface area contributed by atoms with Crippen molar-refractivity contribution in [2.45, 2.75) is 38.8 Å². The summed E-state index contributed by atoms with van der Waals surface area (Å²) in [5, 5.41) is 0.516. The Bertz CT molecular complexity index is 974. The van der Waals surface area contributed by atoms with Gasteiger partial charge in [-0.05, 0) is 48.6 Å². The van der Waals surface area contributed by atoms with Gasteiger partial charge in [0.25, 0.3) is 0 Å². The Labute approximate surface area is 181 Å². The third kappa shape index (κ3) is 5.47. The number of hydrogen-bond donors (Lipinski definition) is 0. The Morgan fingerprint density at radius 3 is 2.40 bits per heavy atom. The lowest BCUT2D eigenvalue weighted by Gasteiger charge is -2.31. The predicted octanol–water partition coefficient (Wildman–Crippen LogP) is 6.34. The number of benzene rings is 3. The molecule has 0 aliphatic carbocycles.